The standard InChI is InChI=1S/C14H13BrN.BrH/c15-13-10-11-6-2-3-7-12(11)14(13)16-8-4-1-5-9-16;/h1-9,13-14H,10H2;1H/q+1;/p-1. The normalized spacial score (nSPS) is 21.7. The van der Waals surface area contributed by atoms with E-state index in [4.69, 9.17) is 0 Å². The van der Waals surface area contributed by atoms with Crippen molar-refractivity contribution in [2.45, 2.75) is 17.3 Å². The summed E-state index contributed by atoms with van der Waals surface area (Å²) in [6.45, 7) is 0. The molecule has 0 fully saturated rings. The number of benzene rings is 1. The monoisotopic (exact) mass is 353 g/mol. The van der Waals surface area contributed by atoms with Crippen molar-refractivity contribution in [1.82, 2.24) is 0 Å². The summed E-state index contributed by atoms with van der Waals surface area (Å²) in [7, 11) is 0. The first-order chi connectivity index (χ1) is 7.86. The lowest BCUT2D eigenvalue weighted by atomic mass is 10.1. The van der Waals surface area contributed by atoms with E-state index in [0.717, 1.165) is 6.42 Å². The lowest BCUT2D eigenvalue weighted by Gasteiger charge is -2.10. The molecule has 3 heteroatoms. The highest BCUT2D eigenvalue weighted by atomic mass is 79.9. The molecule has 0 saturated heterocycles. The molecule has 1 heterocycles. The van der Waals surface area contributed by atoms with Crippen molar-refractivity contribution in [3.8, 4) is 0 Å². The molecular weight excluding hydrogens is 342 g/mol. The van der Waals surface area contributed by atoms with Crippen LogP contribution < -0.4 is 21.5 Å². The van der Waals surface area contributed by atoms with Crippen LogP contribution in [0.3, 0.4) is 0 Å². The van der Waals surface area contributed by atoms with Crippen molar-refractivity contribution in [3.63, 3.8) is 0 Å². The maximum absolute atomic E-state index is 3.80. The number of fused-ring (bicyclic) bond motifs is 1. The molecule has 88 valence electrons. The Morgan fingerprint density at radius 3 is 2.47 bits per heavy atom. The Morgan fingerprint density at radius 1 is 1.00 bits per heavy atom. The first-order valence-corrected chi connectivity index (χ1v) is 6.45. The van der Waals surface area contributed by atoms with E-state index in [2.05, 4.69) is 75.4 Å². The molecule has 2 atom stereocenters. The molecule has 17 heavy (non-hydrogen) atoms. The van der Waals surface area contributed by atoms with Crippen LogP contribution in [0.15, 0.2) is 54.9 Å². The Morgan fingerprint density at radius 2 is 1.71 bits per heavy atom. The van der Waals surface area contributed by atoms with E-state index in [-0.39, 0.29) is 17.0 Å². The van der Waals surface area contributed by atoms with Crippen molar-refractivity contribution < 1.29 is 21.5 Å². The van der Waals surface area contributed by atoms with Crippen LogP contribution in [0.4, 0.5) is 0 Å². The minimum atomic E-state index is 0. The van der Waals surface area contributed by atoms with Gasteiger partial charge in [-0.25, -0.2) is 0 Å². The van der Waals surface area contributed by atoms with Gasteiger partial charge >= 0.3 is 0 Å². The summed E-state index contributed by atoms with van der Waals surface area (Å²) in [6.07, 6.45) is 5.39. The van der Waals surface area contributed by atoms with Gasteiger partial charge in [0, 0.05) is 17.7 Å². The van der Waals surface area contributed by atoms with E-state index < -0.39 is 0 Å². The Bertz CT molecular complexity index is 499. The fourth-order valence-corrected chi connectivity index (χ4v) is 3.38. The number of aromatic nitrogens is 1. The van der Waals surface area contributed by atoms with Crippen molar-refractivity contribution in [3.05, 3.63) is 66.0 Å². The topological polar surface area (TPSA) is 3.88 Å². The highest BCUT2D eigenvalue weighted by molar-refractivity contribution is 9.09. The molecule has 3 rings (SSSR count). The maximum Gasteiger partial charge on any atom is 0.196 e. The fourth-order valence-electron chi connectivity index (χ4n) is 2.47. The van der Waals surface area contributed by atoms with Gasteiger partial charge in [-0.2, -0.15) is 4.57 Å². The van der Waals surface area contributed by atoms with E-state index in [1.54, 1.807) is 0 Å². The molecule has 0 aliphatic heterocycles. The molecule has 2 unspecified atom stereocenters. The molecule has 0 amide bonds. The molecule has 1 aromatic heterocycles. The van der Waals surface area contributed by atoms with Gasteiger partial charge in [0.05, 0.1) is 4.83 Å². The van der Waals surface area contributed by atoms with Crippen LogP contribution >= 0.6 is 15.9 Å². The minimum Gasteiger partial charge on any atom is -1.00 e. The van der Waals surface area contributed by atoms with Crippen LogP contribution in [0, 0.1) is 0 Å². The van der Waals surface area contributed by atoms with Crippen LogP contribution in [-0.2, 0) is 6.42 Å². The largest absolute Gasteiger partial charge is 1.00 e. The average molecular weight is 355 g/mol. The molecule has 1 nitrogen and oxygen atoms in total. The summed E-state index contributed by atoms with van der Waals surface area (Å²) < 4.78 is 2.28. The van der Waals surface area contributed by atoms with Gasteiger partial charge in [0.2, 0.25) is 0 Å². The summed E-state index contributed by atoms with van der Waals surface area (Å²) in [4.78, 5) is 0.498. The number of nitrogens with zero attached hydrogens (tertiary/aromatic N) is 1. The Labute approximate surface area is 120 Å². The van der Waals surface area contributed by atoms with E-state index >= 15 is 0 Å². The van der Waals surface area contributed by atoms with Gasteiger partial charge in [-0.1, -0.05) is 46.3 Å². The smallest absolute Gasteiger partial charge is 0.196 e. The summed E-state index contributed by atoms with van der Waals surface area (Å²) in [5.41, 5.74) is 2.91. The second-order valence-corrected chi connectivity index (χ2v) is 5.36. The second-order valence-electron chi connectivity index (χ2n) is 4.19. The highest BCUT2D eigenvalue weighted by Crippen LogP contribution is 2.35. The first kappa shape index (κ1) is 12.8. The maximum atomic E-state index is 3.80. The van der Waals surface area contributed by atoms with E-state index in [1.165, 1.54) is 11.1 Å². The quantitative estimate of drug-likeness (QED) is 0.497. The van der Waals surface area contributed by atoms with Crippen LogP contribution in [-0.4, -0.2) is 4.83 Å². The number of halogens is 2. The van der Waals surface area contributed by atoms with E-state index in [9.17, 15) is 0 Å². The van der Waals surface area contributed by atoms with Gasteiger partial charge in [-0.3, -0.25) is 0 Å². The molecule has 1 aliphatic rings. The Kier molecular flexibility index (Phi) is 4.00. The van der Waals surface area contributed by atoms with Crippen LogP contribution in [0.1, 0.15) is 17.2 Å². The first-order valence-electron chi connectivity index (χ1n) is 5.54. The Hall–Kier alpha value is -0.670. The molecular formula is C14H13Br2N. The highest BCUT2D eigenvalue weighted by Gasteiger charge is 2.36. The zero-order valence-electron chi connectivity index (χ0n) is 9.26. The van der Waals surface area contributed by atoms with Crippen molar-refractivity contribution in [1.29, 1.82) is 0 Å². The van der Waals surface area contributed by atoms with Gasteiger partial charge < -0.3 is 17.0 Å². The number of hydrogen-bond donors (Lipinski definition) is 0. The van der Waals surface area contributed by atoms with Crippen molar-refractivity contribution >= 4 is 15.9 Å². The van der Waals surface area contributed by atoms with Gasteiger partial charge in [0.25, 0.3) is 0 Å². The lowest BCUT2D eigenvalue weighted by Crippen LogP contribution is -3.00. The number of alkyl halides is 1. The van der Waals surface area contributed by atoms with Crippen LogP contribution in [0.5, 0.6) is 0 Å². The van der Waals surface area contributed by atoms with Crippen molar-refractivity contribution in [2.75, 3.05) is 0 Å². The van der Waals surface area contributed by atoms with E-state index in [0.29, 0.717) is 10.9 Å². The van der Waals surface area contributed by atoms with Crippen LogP contribution in [0.25, 0.3) is 0 Å². The molecule has 0 N–H and O–H groups in total. The fraction of sp³-hybridized carbons (Fsp3) is 0.214. The van der Waals surface area contributed by atoms with E-state index in [1.807, 2.05) is 0 Å². The average Bonchev–Trinajstić information content (AvgIpc) is 2.66. The van der Waals surface area contributed by atoms with Crippen LogP contribution in [0.2, 0.25) is 0 Å². The summed E-state index contributed by atoms with van der Waals surface area (Å²) in [5, 5.41) is 0. The number of hydrogen-bond acceptors (Lipinski definition) is 0. The summed E-state index contributed by atoms with van der Waals surface area (Å²) in [5.74, 6) is 0. The molecule has 0 saturated carbocycles. The molecule has 0 spiro atoms. The predicted molar refractivity (Wildman–Crippen MR) is 67.6 cm³/mol. The number of rotatable bonds is 1. The van der Waals surface area contributed by atoms with Gasteiger partial charge in [-0.05, 0) is 12.0 Å². The minimum absolute atomic E-state index is 0. The van der Waals surface area contributed by atoms with Gasteiger partial charge in [-0.15, -0.1) is 0 Å². The molecule has 1 aliphatic carbocycles. The third kappa shape index (κ3) is 2.31. The lowest BCUT2D eigenvalue weighted by molar-refractivity contribution is -0.711. The predicted octanol–water partition coefficient (Wildman–Crippen LogP) is -0.113. The van der Waals surface area contributed by atoms with Gasteiger partial charge in [0.1, 0.15) is 0 Å². The zero-order valence-corrected chi connectivity index (χ0v) is 12.4. The Balaban J connectivity index is 0.00000108. The van der Waals surface area contributed by atoms with Crippen molar-refractivity contribution in [2.24, 2.45) is 0 Å². The molecule has 1 aromatic carbocycles. The molecule has 0 radical (unpaired) electrons. The third-order valence-electron chi connectivity index (χ3n) is 3.19. The summed E-state index contributed by atoms with van der Waals surface area (Å²) >= 11 is 3.80. The molecule has 0 bridgehead atoms. The SMILES string of the molecule is BrC1Cc2ccccc2C1[n+]1ccccc1.[Br-]. The second kappa shape index (κ2) is 5.32. The molecule has 2 aromatic rings. The van der Waals surface area contributed by atoms with Gasteiger partial charge in [0.15, 0.2) is 18.4 Å². The zero-order chi connectivity index (χ0) is 11.0. The third-order valence-corrected chi connectivity index (χ3v) is 4.02. The number of pyridine rings is 1. The summed E-state index contributed by atoms with van der Waals surface area (Å²) in [6, 6.07) is 15.4.